The van der Waals surface area contributed by atoms with Crippen molar-refractivity contribution < 1.29 is 0 Å². The van der Waals surface area contributed by atoms with E-state index in [9.17, 15) is 0 Å². The molecule has 0 aromatic carbocycles. The Labute approximate surface area is 107 Å². The summed E-state index contributed by atoms with van der Waals surface area (Å²) in [6, 6.07) is 1.78. The minimum absolute atomic E-state index is 0.397. The minimum atomic E-state index is 0.397. The van der Waals surface area contributed by atoms with Crippen LogP contribution in [0.15, 0.2) is 0 Å². The number of likely N-dealkylation sites (tertiary alicyclic amines) is 1. The molecule has 0 amide bonds. The van der Waals surface area contributed by atoms with Crippen molar-refractivity contribution in [3.63, 3.8) is 0 Å². The Bertz CT molecular complexity index is 229. The molecule has 1 aliphatic carbocycles. The first-order valence-corrected chi connectivity index (χ1v) is 7.61. The van der Waals surface area contributed by atoms with Gasteiger partial charge in [-0.3, -0.25) is 4.90 Å². The van der Waals surface area contributed by atoms with Crippen molar-refractivity contribution in [1.29, 1.82) is 0 Å². The van der Waals surface area contributed by atoms with E-state index in [1.165, 1.54) is 45.1 Å². The summed E-state index contributed by atoms with van der Waals surface area (Å²) in [5, 5.41) is 0. The van der Waals surface area contributed by atoms with Gasteiger partial charge in [0.1, 0.15) is 0 Å². The van der Waals surface area contributed by atoms with Gasteiger partial charge in [0.15, 0.2) is 0 Å². The molecule has 100 valence electrons. The van der Waals surface area contributed by atoms with Crippen molar-refractivity contribution in [2.75, 3.05) is 6.54 Å². The van der Waals surface area contributed by atoms with Crippen LogP contribution in [0.5, 0.6) is 0 Å². The molecule has 1 heterocycles. The molecule has 2 rings (SSSR count). The summed E-state index contributed by atoms with van der Waals surface area (Å²) in [6.45, 7) is 8.46. The van der Waals surface area contributed by atoms with Crippen molar-refractivity contribution in [2.24, 2.45) is 17.6 Å². The molecule has 5 unspecified atom stereocenters. The molecule has 0 spiro atoms. The smallest absolute Gasteiger partial charge is 0.0275 e. The molecule has 0 aromatic rings. The van der Waals surface area contributed by atoms with E-state index in [4.69, 9.17) is 5.73 Å². The zero-order valence-corrected chi connectivity index (χ0v) is 11.9. The SMILES string of the molecule is CC1CC(C)C(N2CCCCCC2C)C(N)C1. The van der Waals surface area contributed by atoms with Crippen LogP contribution in [0.1, 0.15) is 59.3 Å². The molecular formula is C15H30N2. The predicted octanol–water partition coefficient (Wildman–Crippen LogP) is 3.01. The van der Waals surface area contributed by atoms with Gasteiger partial charge in [0.25, 0.3) is 0 Å². The van der Waals surface area contributed by atoms with Gasteiger partial charge in [-0.2, -0.15) is 0 Å². The monoisotopic (exact) mass is 238 g/mol. The molecular weight excluding hydrogens is 208 g/mol. The van der Waals surface area contributed by atoms with Crippen LogP contribution >= 0.6 is 0 Å². The number of nitrogens with zero attached hydrogens (tertiary/aromatic N) is 1. The van der Waals surface area contributed by atoms with Crippen LogP contribution in [0.2, 0.25) is 0 Å². The molecule has 2 N–H and O–H groups in total. The van der Waals surface area contributed by atoms with Crippen LogP contribution in [0.4, 0.5) is 0 Å². The van der Waals surface area contributed by atoms with E-state index < -0.39 is 0 Å². The Kier molecular flexibility index (Phi) is 4.48. The summed E-state index contributed by atoms with van der Waals surface area (Å²) >= 11 is 0. The van der Waals surface area contributed by atoms with Crippen LogP contribution in [-0.4, -0.2) is 29.6 Å². The average molecular weight is 238 g/mol. The van der Waals surface area contributed by atoms with Crippen LogP contribution < -0.4 is 5.73 Å². The maximum atomic E-state index is 6.46. The third-order valence-corrected chi connectivity index (χ3v) is 4.96. The molecule has 5 atom stereocenters. The van der Waals surface area contributed by atoms with Gasteiger partial charge in [-0.1, -0.05) is 26.7 Å². The van der Waals surface area contributed by atoms with E-state index in [-0.39, 0.29) is 0 Å². The van der Waals surface area contributed by atoms with E-state index >= 15 is 0 Å². The lowest BCUT2D eigenvalue weighted by Gasteiger charge is -2.46. The quantitative estimate of drug-likeness (QED) is 0.761. The molecule has 0 radical (unpaired) electrons. The van der Waals surface area contributed by atoms with Gasteiger partial charge in [0.2, 0.25) is 0 Å². The largest absolute Gasteiger partial charge is 0.326 e. The maximum Gasteiger partial charge on any atom is 0.0275 e. The van der Waals surface area contributed by atoms with E-state index in [1.807, 2.05) is 0 Å². The lowest BCUT2D eigenvalue weighted by molar-refractivity contribution is 0.0487. The van der Waals surface area contributed by atoms with Crippen molar-refractivity contribution >= 4 is 0 Å². The van der Waals surface area contributed by atoms with Gasteiger partial charge in [0, 0.05) is 18.1 Å². The van der Waals surface area contributed by atoms with E-state index in [1.54, 1.807) is 0 Å². The highest BCUT2D eigenvalue weighted by Crippen LogP contribution is 2.34. The van der Waals surface area contributed by atoms with Gasteiger partial charge in [0.05, 0.1) is 0 Å². The van der Waals surface area contributed by atoms with Crippen LogP contribution in [0, 0.1) is 11.8 Å². The van der Waals surface area contributed by atoms with Crippen molar-refractivity contribution in [2.45, 2.75) is 77.4 Å². The van der Waals surface area contributed by atoms with Crippen LogP contribution in [0.25, 0.3) is 0 Å². The molecule has 2 heteroatoms. The third kappa shape index (κ3) is 3.03. The van der Waals surface area contributed by atoms with Gasteiger partial charge >= 0.3 is 0 Å². The summed E-state index contributed by atoms with van der Waals surface area (Å²) in [4.78, 5) is 2.74. The number of rotatable bonds is 1. The Balaban J connectivity index is 2.07. The number of hydrogen-bond donors (Lipinski definition) is 1. The van der Waals surface area contributed by atoms with Gasteiger partial charge < -0.3 is 5.73 Å². The van der Waals surface area contributed by atoms with Gasteiger partial charge in [-0.25, -0.2) is 0 Å². The topological polar surface area (TPSA) is 29.3 Å². The zero-order chi connectivity index (χ0) is 12.4. The van der Waals surface area contributed by atoms with Crippen molar-refractivity contribution in [3.05, 3.63) is 0 Å². The second-order valence-electron chi connectivity index (χ2n) is 6.64. The minimum Gasteiger partial charge on any atom is -0.326 e. The molecule has 2 nitrogen and oxygen atoms in total. The van der Waals surface area contributed by atoms with Crippen molar-refractivity contribution in [3.8, 4) is 0 Å². The normalized spacial score (nSPS) is 45.5. The second kappa shape index (κ2) is 5.71. The van der Waals surface area contributed by atoms with Gasteiger partial charge in [-0.05, 0) is 51.0 Å². The summed E-state index contributed by atoms with van der Waals surface area (Å²) < 4.78 is 0. The molecule has 0 aromatic heterocycles. The summed E-state index contributed by atoms with van der Waals surface area (Å²) in [5.74, 6) is 1.59. The average Bonchev–Trinajstić information content (AvgIpc) is 2.43. The highest BCUT2D eigenvalue weighted by atomic mass is 15.2. The molecule has 2 fully saturated rings. The lowest BCUT2D eigenvalue weighted by Crippen LogP contribution is -2.57. The first-order chi connectivity index (χ1) is 8.09. The molecule has 1 saturated heterocycles. The van der Waals surface area contributed by atoms with Crippen molar-refractivity contribution in [1.82, 2.24) is 4.90 Å². The molecule has 1 saturated carbocycles. The first-order valence-electron chi connectivity index (χ1n) is 7.61. The maximum absolute atomic E-state index is 6.46. The summed E-state index contributed by atoms with van der Waals surface area (Å²) in [7, 11) is 0. The Morgan fingerprint density at radius 3 is 2.47 bits per heavy atom. The highest BCUT2D eigenvalue weighted by molar-refractivity contribution is 4.94. The highest BCUT2D eigenvalue weighted by Gasteiger charge is 2.37. The third-order valence-electron chi connectivity index (χ3n) is 4.96. The second-order valence-corrected chi connectivity index (χ2v) is 6.64. The fourth-order valence-corrected chi connectivity index (χ4v) is 4.21. The Morgan fingerprint density at radius 1 is 1.00 bits per heavy atom. The standard InChI is InChI=1S/C15H30N2/c1-11-9-12(2)15(14(16)10-11)17-8-6-4-5-7-13(17)3/h11-15H,4-10,16H2,1-3H3. The fraction of sp³-hybridized carbons (Fsp3) is 1.00. The molecule has 0 bridgehead atoms. The number of hydrogen-bond acceptors (Lipinski definition) is 2. The molecule has 1 aliphatic heterocycles. The lowest BCUT2D eigenvalue weighted by atomic mass is 9.76. The summed E-state index contributed by atoms with van der Waals surface area (Å²) in [6.07, 6.45) is 8.14. The molecule has 2 aliphatic rings. The first kappa shape index (κ1) is 13.4. The van der Waals surface area contributed by atoms with Gasteiger partial charge in [-0.15, -0.1) is 0 Å². The fourth-order valence-electron chi connectivity index (χ4n) is 4.21. The van der Waals surface area contributed by atoms with E-state index in [0.717, 1.165) is 17.9 Å². The van der Waals surface area contributed by atoms with Crippen LogP contribution in [0.3, 0.4) is 0 Å². The predicted molar refractivity (Wildman–Crippen MR) is 74.0 cm³/mol. The van der Waals surface area contributed by atoms with E-state index in [0.29, 0.717) is 12.1 Å². The van der Waals surface area contributed by atoms with Crippen LogP contribution in [-0.2, 0) is 0 Å². The van der Waals surface area contributed by atoms with E-state index in [2.05, 4.69) is 25.7 Å². The Morgan fingerprint density at radius 2 is 1.76 bits per heavy atom. The Hall–Kier alpha value is -0.0800. The molecule has 17 heavy (non-hydrogen) atoms. The summed E-state index contributed by atoms with van der Waals surface area (Å²) in [5.41, 5.74) is 6.46. The number of nitrogens with two attached hydrogens (primary N) is 1. The zero-order valence-electron chi connectivity index (χ0n) is 11.9.